The lowest BCUT2D eigenvalue weighted by Gasteiger charge is -2.32. The van der Waals surface area contributed by atoms with Crippen LogP contribution in [0.3, 0.4) is 0 Å². The molecule has 0 radical (unpaired) electrons. The minimum Gasteiger partial charge on any atom is -0.486 e. The molecule has 138 valence electrons. The SMILES string of the molecule is Cc1noc(C)c1C(=O)N[C@@H]1CCOC[C@H]1Oc1ccc(C(=O)O)cc1. The first-order valence-electron chi connectivity index (χ1n) is 8.27. The molecule has 2 heterocycles. The van der Waals surface area contributed by atoms with Gasteiger partial charge in [-0.15, -0.1) is 0 Å². The van der Waals surface area contributed by atoms with Crippen LogP contribution in [0.4, 0.5) is 0 Å². The second-order valence-corrected chi connectivity index (χ2v) is 6.13. The van der Waals surface area contributed by atoms with Gasteiger partial charge in [0.1, 0.15) is 23.2 Å². The Morgan fingerprint density at radius 3 is 2.62 bits per heavy atom. The van der Waals surface area contributed by atoms with E-state index in [-0.39, 0.29) is 23.6 Å². The quantitative estimate of drug-likeness (QED) is 0.838. The van der Waals surface area contributed by atoms with Gasteiger partial charge < -0.3 is 24.4 Å². The van der Waals surface area contributed by atoms with Crippen molar-refractivity contribution in [2.24, 2.45) is 0 Å². The highest BCUT2D eigenvalue weighted by atomic mass is 16.5. The summed E-state index contributed by atoms with van der Waals surface area (Å²) in [6.07, 6.45) is 0.219. The maximum atomic E-state index is 12.6. The summed E-state index contributed by atoms with van der Waals surface area (Å²) >= 11 is 0. The highest BCUT2D eigenvalue weighted by molar-refractivity contribution is 5.96. The number of aromatic carboxylic acids is 1. The van der Waals surface area contributed by atoms with E-state index in [0.717, 1.165) is 0 Å². The van der Waals surface area contributed by atoms with Gasteiger partial charge >= 0.3 is 5.97 Å². The summed E-state index contributed by atoms with van der Waals surface area (Å²) in [6.45, 7) is 4.25. The van der Waals surface area contributed by atoms with Gasteiger partial charge in [-0.25, -0.2) is 4.79 Å². The lowest BCUT2D eigenvalue weighted by Crippen LogP contribution is -2.51. The molecule has 26 heavy (non-hydrogen) atoms. The van der Waals surface area contributed by atoms with Gasteiger partial charge in [0.2, 0.25) is 0 Å². The van der Waals surface area contributed by atoms with E-state index < -0.39 is 5.97 Å². The van der Waals surface area contributed by atoms with Gasteiger partial charge in [0.15, 0.2) is 0 Å². The van der Waals surface area contributed by atoms with Crippen LogP contribution in [0.25, 0.3) is 0 Å². The Kier molecular flexibility index (Phi) is 5.22. The first-order valence-corrected chi connectivity index (χ1v) is 8.27. The van der Waals surface area contributed by atoms with Gasteiger partial charge in [-0.2, -0.15) is 0 Å². The highest BCUT2D eigenvalue weighted by Gasteiger charge is 2.30. The molecule has 8 heteroatoms. The third-order valence-corrected chi connectivity index (χ3v) is 4.27. The Morgan fingerprint density at radius 2 is 2.00 bits per heavy atom. The fraction of sp³-hybridized carbons (Fsp3) is 0.389. The van der Waals surface area contributed by atoms with Crippen molar-refractivity contribution in [1.29, 1.82) is 0 Å². The van der Waals surface area contributed by atoms with Crippen LogP contribution < -0.4 is 10.1 Å². The summed E-state index contributed by atoms with van der Waals surface area (Å²) < 4.78 is 16.4. The van der Waals surface area contributed by atoms with Crippen molar-refractivity contribution >= 4 is 11.9 Å². The summed E-state index contributed by atoms with van der Waals surface area (Å²) in [5.41, 5.74) is 1.15. The number of benzene rings is 1. The van der Waals surface area contributed by atoms with Crippen LogP contribution in [-0.2, 0) is 4.74 Å². The Hall–Kier alpha value is -2.87. The third kappa shape index (κ3) is 3.85. The number of aromatic nitrogens is 1. The monoisotopic (exact) mass is 360 g/mol. The number of hydrogen-bond donors (Lipinski definition) is 2. The number of carbonyl (C=O) groups is 2. The average Bonchev–Trinajstić information content (AvgIpc) is 2.95. The van der Waals surface area contributed by atoms with Crippen LogP contribution in [-0.4, -0.2) is 47.5 Å². The Bertz CT molecular complexity index is 779. The van der Waals surface area contributed by atoms with E-state index in [1.165, 1.54) is 12.1 Å². The first kappa shape index (κ1) is 17.9. The lowest BCUT2D eigenvalue weighted by molar-refractivity contribution is -0.0135. The molecule has 3 rings (SSSR count). The molecular weight excluding hydrogens is 340 g/mol. The molecule has 1 aromatic heterocycles. The standard InChI is InChI=1S/C18H20N2O6/c1-10-16(11(2)26-20-10)17(21)19-14-7-8-24-9-15(14)25-13-5-3-12(4-6-13)18(22)23/h3-6,14-15H,7-9H2,1-2H3,(H,19,21)(H,22,23)/t14-,15-/m1/s1. The molecule has 1 amide bonds. The van der Waals surface area contributed by atoms with Crippen molar-refractivity contribution in [3.63, 3.8) is 0 Å². The fourth-order valence-corrected chi connectivity index (χ4v) is 2.89. The molecule has 1 aliphatic rings. The normalized spacial score (nSPS) is 19.8. The molecular formula is C18H20N2O6. The molecule has 0 aliphatic carbocycles. The van der Waals surface area contributed by atoms with E-state index in [0.29, 0.717) is 42.4 Å². The Labute approximate surface area is 150 Å². The second-order valence-electron chi connectivity index (χ2n) is 6.13. The molecule has 8 nitrogen and oxygen atoms in total. The van der Waals surface area contributed by atoms with Crippen LogP contribution in [0.2, 0.25) is 0 Å². The maximum absolute atomic E-state index is 12.6. The van der Waals surface area contributed by atoms with Crippen molar-refractivity contribution in [2.75, 3.05) is 13.2 Å². The first-order chi connectivity index (χ1) is 12.5. The zero-order valence-corrected chi connectivity index (χ0v) is 14.5. The molecule has 0 bridgehead atoms. The summed E-state index contributed by atoms with van der Waals surface area (Å²) in [5, 5.41) is 15.7. The highest BCUT2D eigenvalue weighted by Crippen LogP contribution is 2.20. The second kappa shape index (κ2) is 7.57. The van der Waals surface area contributed by atoms with Gasteiger partial charge in [-0.3, -0.25) is 4.79 Å². The van der Waals surface area contributed by atoms with E-state index in [2.05, 4.69) is 10.5 Å². The maximum Gasteiger partial charge on any atom is 0.335 e. The minimum absolute atomic E-state index is 0.181. The van der Waals surface area contributed by atoms with Crippen LogP contribution in [0.5, 0.6) is 5.75 Å². The van der Waals surface area contributed by atoms with Crippen molar-refractivity contribution in [2.45, 2.75) is 32.4 Å². The summed E-state index contributed by atoms with van der Waals surface area (Å²) in [4.78, 5) is 23.5. The molecule has 0 unspecified atom stereocenters. The Morgan fingerprint density at radius 1 is 1.27 bits per heavy atom. The zero-order chi connectivity index (χ0) is 18.7. The molecule has 1 aliphatic heterocycles. The van der Waals surface area contributed by atoms with E-state index in [9.17, 15) is 9.59 Å². The lowest BCUT2D eigenvalue weighted by atomic mass is 10.0. The number of aryl methyl sites for hydroxylation is 2. The predicted octanol–water partition coefficient (Wildman–Crippen LogP) is 1.96. The number of rotatable bonds is 5. The molecule has 0 spiro atoms. The zero-order valence-electron chi connectivity index (χ0n) is 14.5. The number of carbonyl (C=O) groups excluding carboxylic acids is 1. The smallest absolute Gasteiger partial charge is 0.335 e. The fourth-order valence-electron chi connectivity index (χ4n) is 2.89. The molecule has 1 aromatic carbocycles. The number of amides is 1. The van der Waals surface area contributed by atoms with Gasteiger partial charge in [-0.05, 0) is 44.5 Å². The largest absolute Gasteiger partial charge is 0.486 e. The number of hydrogen-bond acceptors (Lipinski definition) is 6. The molecule has 2 aromatic rings. The van der Waals surface area contributed by atoms with Crippen LogP contribution in [0.1, 0.15) is 38.6 Å². The van der Waals surface area contributed by atoms with Gasteiger partial charge in [0, 0.05) is 6.61 Å². The average molecular weight is 360 g/mol. The van der Waals surface area contributed by atoms with Crippen LogP contribution in [0, 0.1) is 13.8 Å². The van der Waals surface area contributed by atoms with Crippen LogP contribution >= 0.6 is 0 Å². The number of ether oxygens (including phenoxy) is 2. The molecule has 0 saturated carbocycles. The van der Waals surface area contributed by atoms with E-state index >= 15 is 0 Å². The van der Waals surface area contributed by atoms with Crippen molar-refractivity contribution in [3.05, 3.63) is 46.8 Å². The molecule has 2 atom stereocenters. The van der Waals surface area contributed by atoms with E-state index in [1.54, 1.807) is 26.0 Å². The van der Waals surface area contributed by atoms with Gasteiger partial charge in [0.05, 0.1) is 23.9 Å². The van der Waals surface area contributed by atoms with Crippen LogP contribution in [0.15, 0.2) is 28.8 Å². The minimum atomic E-state index is -0.998. The number of carboxylic acids is 1. The molecule has 1 saturated heterocycles. The summed E-state index contributed by atoms with van der Waals surface area (Å²) in [5.74, 6) is -0.277. The van der Waals surface area contributed by atoms with Crippen molar-refractivity contribution < 1.29 is 28.7 Å². The van der Waals surface area contributed by atoms with E-state index in [4.69, 9.17) is 19.1 Å². The Balaban J connectivity index is 1.69. The molecule has 2 N–H and O–H groups in total. The van der Waals surface area contributed by atoms with Gasteiger partial charge in [-0.1, -0.05) is 5.16 Å². The molecule has 1 fully saturated rings. The van der Waals surface area contributed by atoms with Crippen molar-refractivity contribution in [1.82, 2.24) is 10.5 Å². The van der Waals surface area contributed by atoms with Crippen molar-refractivity contribution in [3.8, 4) is 5.75 Å². The summed E-state index contributed by atoms with van der Waals surface area (Å²) in [7, 11) is 0. The summed E-state index contributed by atoms with van der Waals surface area (Å²) in [6, 6.07) is 5.87. The number of nitrogens with zero attached hydrogens (tertiary/aromatic N) is 1. The third-order valence-electron chi connectivity index (χ3n) is 4.27. The number of carboxylic acid groups (broad SMARTS) is 1. The number of nitrogens with one attached hydrogen (secondary N) is 1. The predicted molar refractivity (Wildman–Crippen MR) is 90.5 cm³/mol. The van der Waals surface area contributed by atoms with Gasteiger partial charge in [0.25, 0.3) is 5.91 Å². The topological polar surface area (TPSA) is 111 Å². The van der Waals surface area contributed by atoms with E-state index in [1.807, 2.05) is 0 Å².